The van der Waals surface area contributed by atoms with Gasteiger partial charge in [-0.15, -0.1) is 0 Å². The van der Waals surface area contributed by atoms with Gasteiger partial charge in [-0.25, -0.2) is 4.98 Å². The summed E-state index contributed by atoms with van der Waals surface area (Å²) in [6.07, 6.45) is 2.10. The van der Waals surface area contributed by atoms with E-state index in [0.29, 0.717) is 6.42 Å². The fourth-order valence-electron chi connectivity index (χ4n) is 2.98. The molecule has 1 aromatic carbocycles. The van der Waals surface area contributed by atoms with E-state index < -0.39 is 11.7 Å². The molecule has 3 aromatic rings. The third-order valence-corrected chi connectivity index (χ3v) is 4.51. The Morgan fingerprint density at radius 2 is 1.79 bits per heavy atom. The van der Waals surface area contributed by atoms with Crippen LogP contribution in [0.3, 0.4) is 0 Å². The van der Waals surface area contributed by atoms with Crippen LogP contribution in [0.4, 0.5) is 13.2 Å². The van der Waals surface area contributed by atoms with Crippen LogP contribution in [0.5, 0.6) is 0 Å². The van der Waals surface area contributed by atoms with Crippen molar-refractivity contribution in [2.45, 2.75) is 44.7 Å². The van der Waals surface area contributed by atoms with E-state index >= 15 is 0 Å². The minimum Gasteiger partial charge on any atom is -0.439 e. The maximum absolute atomic E-state index is 12.8. The van der Waals surface area contributed by atoms with Crippen LogP contribution < -0.4 is 0 Å². The van der Waals surface area contributed by atoms with E-state index in [9.17, 15) is 18.0 Å². The van der Waals surface area contributed by atoms with E-state index in [1.165, 1.54) is 11.8 Å². The highest BCUT2D eigenvalue weighted by Crippen LogP contribution is 2.31. The lowest BCUT2D eigenvalue weighted by molar-refractivity contribution is -0.137. The third-order valence-electron chi connectivity index (χ3n) is 4.51. The highest BCUT2D eigenvalue weighted by atomic mass is 19.4. The highest BCUT2D eigenvalue weighted by Gasteiger charge is 2.31. The van der Waals surface area contributed by atoms with Crippen LogP contribution >= 0.6 is 0 Å². The van der Waals surface area contributed by atoms with Crippen molar-refractivity contribution in [1.82, 2.24) is 9.97 Å². The van der Waals surface area contributed by atoms with Gasteiger partial charge in [0.25, 0.3) is 0 Å². The minimum atomic E-state index is -4.46. The smallest absolute Gasteiger partial charge is 0.416 e. The number of aromatic nitrogens is 2. The lowest BCUT2D eigenvalue weighted by atomic mass is 10.0. The Bertz CT molecular complexity index is 936. The summed E-state index contributed by atoms with van der Waals surface area (Å²) < 4.78 is 43.9. The van der Waals surface area contributed by atoms with Crippen LogP contribution in [0.25, 0.3) is 11.5 Å². The summed E-state index contributed by atoms with van der Waals surface area (Å²) in [6.45, 7) is 0. The average Bonchev–Trinajstić information content (AvgIpc) is 3.16. The van der Waals surface area contributed by atoms with Crippen molar-refractivity contribution < 1.29 is 22.4 Å². The molecule has 2 aromatic heterocycles. The number of Topliss-reactive ketones (excluding diaryl/α,β-unsaturated/α-hetero) is 1. The number of oxazole rings is 1. The maximum Gasteiger partial charge on any atom is 0.416 e. The first-order valence-corrected chi connectivity index (χ1v) is 9.46. The van der Waals surface area contributed by atoms with Crippen molar-refractivity contribution in [2.24, 2.45) is 0 Å². The summed E-state index contributed by atoms with van der Waals surface area (Å²) in [7, 11) is 0. The van der Waals surface area contributed by atoms with Crippen LogP contribution in [0.1, 0.15) is 42.7 Å². The van der Waals surface area contributed by atoms with Gasteiger partial charge in [0.1, 0.15) is 11.5 Å². The molecule has 0 saturated heterocycles. The number of nitrogens with zero attached hydrogens (tertiary/aromatic N) is 2. The van der Waals surface area contributed by atoms with Gasteiger partial charge in [-0.3, -0.25) is 9.78 Å². The van der Waals surface area contributed by atoms with Crippen LogP contribution in [0.2, 0.25) is 0 Å². The molecule has 0 unspecified atom stereocenters. The number of hydrogen-bond acceptors (Lipinski definition) is 4. The normalized spacial score (nSPS) is 11.6. The molecule has 152 valence electrons. The van der Waals surface area contributed by atoms with Gasteiger partial charge in [-0.05, 0) is 37.0 Å². The molecule has 0 spiro atoms. The predicted molar refractivity (Wildman–Crippen MR) is 102 cm³/mol. The molecule has 29 heavy (non-hydrogen) atoms. The zero-order chi connectivity index (χ0) is 20.7. The minimum absolute atomic E-state index is 0.00453. The zero-order valence-corrected chi connectivity index (χ0v) is 15.8. The van der Waals surface area contributed by atoms with Crippen molar-refractivity contribution in [3.8, 4) is 11.5 Å². The molecule has 0 saturated carbocycles. The quantitative estimate of drug-likeness (QED) is 0.433. The summed E-state index contributed by atoms with van der Waals surface area (Å²) >= 11 is 0. The van der Waals surface area contributed by atoms with Gasteiger partial charge in [0, 0.05) is 12.6 Å². The van der Waals surface area contributed by atoms with Crippen LogP contribution in [0, 0.1) is 0 Å². The largest absolute Gasteiger partial charge is 0.439 e. The second-order valence-corrected chi connectivity index (χ2v) is 6.81. The van der Waals surface area contributed by atoms with Gasteiger partial charge in [-0.1, -0.05) is 36.8 Å². The number of aryl methyl sites for hydroxylation is 1. The van der Waals surface area contributed by atoms with Gasteiger partial charge >= 0.3 is 6.18 Å². The molecule has 7 heteroatoms. The van der Waals surface area contributed by atoms with Crippen molar-refractivity contribution in [3.05, 3.63) is 71.9 Å². The van der Waals surface area contributed by atoms with Gasteiger partial charge in [0.05, 0.1) is 18.2 Å². The fraction of sp³-hybridized carbons (Fsp3) is 0.318. The molecule has 0 atom stereocenters. The first-order chi connectivity index (χ1) is 13.9. The lowest BCUT2D eigenvalue weighted by Crippen LogP contribution is -2.05. The Balaban J connectivity index is 1.45. The molecular weight excluding hydrogens is 381 g/mol. The molecule has 4 nitrogen and oxygen atoms in total. The molecule has 0 fully saturated rings. The summed E-state index contributed by atoms with van der Waals surface area (Å²) in [5, 5.41) is 0. The average molecular weight is 402 g/mol. The summed E-state index contributed by atoms with van der Waals surface area (Å²) in [5.41, 5.74) is 0.508. The first kappa shape index (κ1) is 20.8. The number of hydrogen-bond donors (Lipinski definition) is 0. The number of benzene rings is 1. The lowest BCUT2D eigenvalue weighted by Gasteiger charge is -2.06. The fourth-order valence-corrected chi connectivity index (χ4v) is 2.98. The number of unbranched alkanes of at least 4 members (excludes halogenated alkanes) is 2. The molecule has 0 aliphatic rings. The highest BCUT2D eigenvalue weighted by molar-refractivity contribution is 5.80. The van der Waals surface area contributed by atoms with Crippen molar-refractivity contribution in [1.29, 1.82) is 0 Å². The maximum atomic E-state index is 12.8. The monoisotopic (exact) mass is 402 g/mol. The predicted octanol–water partition coefficient (Wildman–Crippen LogP) is 5.67. The second-order valence-electron chi connectivity index (χ2n) is 6.81. The standard InChI is InChI=1S/C22H21F3N2O2/c23-22(24,25)17-11-12-26-19(13-17)20-15-27-21(29-20)14-18(28)10-6-2-5-9-16-7-3-1-4-8-16/h1,3-4,7-8,11-13,15H,2,5-6,9-10,14H2. The van der Waals surface area contributed by atoms with E-state index in [2.05, 4.69) is 22.1 Å². The van der Waals surface area contributed by atoms with Crippen molar-refractivity contribution >= 4 is 5.78 Å². The molecule has 0 aliphatic carbocycles. The number of rotatable bonds is 9. The molecule has 2 heterocycles. The Morgan fingerprint density at radius 3 is 2.55 bits per heavy atom. The molecule has 0 radical (unpaired) electrons. The summed E-state index contributed by atoms with van der Waals surface area (Å²) in [4.78, 5) is 20.0. The number of halogens is 3. The Labute approximate surface area is 166 Å². The molecule has 3 rings (SSSR count). The Kier molecular flexibility index (Phi) is 6.80. The number of pyridine rings is 1. The van der Waals surface area contributed by atoms with E-state index in [0.717, 1.165) is 44.0 Å². The van der Waals surface area contributed by atoms with E-state index in [1.807, 2.05) is 18.2 Å². The first-order valence-electron chi connectivity index (χ1n) is 9.46. The molecule has 0 bridgehead atoms. The van der Waals surface area contributed by atoms with Gasteiger partial charge in [-0.2, -0.15) is 13.2 Å². The van der Waals surface area contributed by atoms with Crippen molar-refractivity contribution in [2.75, 3.05) is 0 Å². The van der Waals surface area contributed by atoms with E-state index in [4.69, 9.17) is 4.42 Å². The second kappa shape index (κ2) is 9.49. The number of carbonyl (C=O) groups excluding carboxylic acids is 1. The number of alkyl halides is 3. The number of carbonyl (C=O) groups is 1. The third kappa shape index (κ3) is 6.27. The number of ketones is 1. The van der Waals surface area contributed by atoms with Crippen molar-refractivity contribution in [3.63, 3.8) is 0 Å². The van der Waals surface area contributed by atoms with E-state index in [-0.39, 0.29) is 29.5 Å². The zero-order valence-electron chi connectivity index (χ0n) is 15.8. The van der Waals surface area contributed by atoms with Crippen LogP contribution in [0.15, 0.2) is 59.3 Å². The summed E-state index contributed by atoms with van der Waals surface area (Å²) in [6, 6.07) is 12.0. The van der Waals surface area contributed by atoms with E-state index in [1.54, 1.807) is 0 Å². The van der Waals surface area contributed by atoms with Gasteiger partial charge in [0.15, 0.2) is 5.76 Å². The van der Waals surface area contributed by atoms with Crippen LogP contribution in [-0.2, 0) is 23.8 Å². The Morgan fingerprint density at radius 1 is 1.00 bits per heavy atom. The molecule has 0 amide bonds. The Hall–Kier alpha value is -2.96. The molecule has 0 N–H and O–H groups in total. The summed E-state index contributed by atoms with van der Waals surface area (Å²) in [5.74, 6) is 0.297. The van der Waals surface area contributed by atoms with Gasteiger partial charge < -0.3 is 4.42 Å². The topological polar surface area (TPSA) is 56.0 Å². The molecule has 0 aliphatic heterocycles. The van der Waals surface area contributed by atoms with Crippen LogP contribution in [-0.4, -0.2) is 15.8 Å². The SMILES string of the molecule is O=C(CCCCCc1ccccc1)Cc1ncc(-c2cc(C(F)(F)F)ccn2)o1. The molecular formula is C22H21F3N2O2. The van der Waals surface area contributed by atoms with Gasteiger partial charge in [0.2, 0.25) is 5.89 Å².